The minimum atomic E-state index is -0.115. The van der Waals surface area contributed by atoms with E-state index in [4.69, 9.17) is 9.47 Å². The van der Waals surface area contributed by atoms with Crippen LogP contribution >= 0.6 is 0 Å². The van der Waals surface area contributed by atoms with E-state index in [2.05, 4.69) is 13.8 Å². The second-order valence-corrected chi connectivity index (χ2v) is 7.29. The lowest BCUT2D eigenvalue weighted by Gasteiger charge is -2.33. The normalized spacial score (nSPS) is 31.1. The molecule has 0 heterocycles. The summed E-state index contributed by atoms with van der Waals surface area (Å²) in [5, 5.41) is 0. The summed E-state index contributed by atoms with van der Waals surface area (Å²) in [6, 6.07) is 0. The molecule has 4 unspecified atom stereocenters. The van der Waals surface area contributed by atoms with Crippen LogP contribution in [0.5, 0.6) is 0 Å². The highest BCUT2D eigenvalue weighted by Gasteiger charge is 2.39. The lowest BCUT2D eigenvalue weighted by Crippen LogP contribution is -2.34. The van der Waals surface area contributed by atoms with Crippen molar-refractivity contribution < 1.29 is 14.3 Å². The zero-order chi connectivity index (χ0) is 15.9. The Labute approximate surface area is 136 Å². The molecule has 0 spiro atoms. The van der Waals surface area contributed by atoms with Crippen molar-refractivity contribution in [2.45, 2.75) is 90.3 Å². The van der Waals surface area contributed by atoms with Gasteiger partial charge in [-0.25, -0.2) is 0 Å². The number of carbonyl (C=O) groups excluding carboxylic acids is 1. The molecule has 4 atom stereocenters. The van der Waals surface area contributed by atoms with E-state index < -0.39 is 0 Å². The van der Waals surface area contributed by atoms with E-state index >= 15 is 0 Å². The summed E-state index contributed by atoms with van der Waals surface area (Å²) in [6.07, 6.45) is 12.1. The molecule has 2 fully saturated rings. The number of methoxy groups -OCH3 is 1. The van der Waals surface area contributed by atoms with Crippen LogP contribution in [0.15, 0.2) is 0 Å². The van der Waals surface area contributed by atoms with Gasteiger partial charge >= 0.3 is 5.97 Å². The zero-order valence-electron chi connectivity index (χ0n) is 14.7. The maximum atomic E-state index is 11.9. The smallest absolute Gasteiger partial charge is 0.308 e. The predicted octanol–water partition coefficient (Wildman–Crippen LogP) is 4.73. The van der Waals surface area contributed by atoms with Crippen LogP contribution in [0.3, 0.4) is 0 Å². The topological polar surface area (TPSA) is 35.5 Å². The number of rotatable bonds is 7. The molecule has 0 N–H and O–H groups in total. The molecule has 2 aliphatic carbocycles. The number of carbonyl (C=O) groups is 1. The Hall–Kier alpha value is -0.570. The van der Waals surface area contributed by atoms with E-state index in [1.165, 1.54) is 64.9 Å². The van der Waals surface area contributed by atoms with Crippen molar-refractivity contribution in [2.75, 3.05) is 7.11 Å². The van der Waals surface area contributed by atoms with E-state index in [-0.39, 0.29) is 12.1 Å². The van der Waals surface area contributed by atoms with Gasteiger partial charge in [-0.05, 0) is 43.4 Å². The maximum absolute atomic E-state index is 11.9. The molecule has 0 aromatic heterocycles. The second-order valence-electron chi connectivity index (χ2n) is 7.29. The van der Waals surface area contributed by atoms with Crippen LogP contribution in [0.25, 0.3) is 0 Å². The summed E-state index contributed by atoms with van der Waals surface area (Å²) in [7, 11) is 1.49. The lowest BCUT2D eigenvalue weighted by molar-refractivity contribution is -0.148. The molecule has 3 nitrogen and oxygen atoms in total. The third-order valence-corrected chi connectivity index (χ3v) is 5.94. The molecule has 0 saturated heterocycles. The average Bonchev–Trinajstić information content (AvgIpc) is 2.98. The predicted molar refractivity (Wildman–Crippen MR) is 88.7 cm³/mol. The fraction of sp³-hybridized carbons (Fsp3) is 0.947. The number of hydrogen-bond donors (Lipinski definition) is 0. The number of esters is 1. The van der Waals surface area contributed by atoms with Crippen molar-refractivity contribution in [2.24, 2.45) is 17.8 Å². The first-order valence-electron chi connectivity index (χ1n) is 9.40. The first-order chi connectivity index (χ1) is 10.7. The SMILES string of the molecule is CCC1CC(CC)C(C(CC(=O)OC)OC2CCCCC2)C1. The highest BCUT2D eigenvalue weighted by Crippen LogP contribution is 2.44. The minimum Gasteiger partial charge on any atom is -0.469 e. The first kappa shape index (κ1) is 17.8. The quantitative estimate of drug-likeness (QED) is 0.638. The molecule has 0 aromatic carbocycles. The summed E-state index contributed by atoms with van der Waals surface area (Å²) in [6.45, 7) is 4.57. The van der Waals surface area contributed by atoms with Crippen LogP contribution in [0.1, 0.15) is 78.1 Å². The van der Waals surface area contributed by atoms with E-state index in [1.54, 1.807) is 0 Å². The molecule has 0 aliphatic heterocycles. The molecular formula is C19H34O3. The molecule has 0 radical (unpaired) electrons. The van der Waals surface area contributed by atoms with Crippen molar-refractivity contribution >= 4 is 5.97 Å². The zero-order valence-corrected chi connectivity index (χ0v) is 14.7. The summed E-state index contributed by atoms with van der Waals surface area (Å²) in [4.78, 5) is 11.9. The number of hydrogen-bond acceptors (Lipinski definition) is 3. The van der Waals surface area contributed by atoms with Crippen molar-refractivity contribution in [1.82, 2.24) is 0 Å². The monoisotopic (exact) mass is 310 g/mol. The van der Waals surface area contributed by atoms with Crippen molar-refractivity contribution in [3.63, 3.8) is 0 Å². The van der Waals surface area contributed by atoms with Gasteiger partial charge in [-0.1, -0.05) is 46.0 Å². The molecule has 2 saturated carbocycles. The Bertz CT molecular complexity index is 336. The molecule has 3 heteroatoms. The highest BCUT2D eigenvalue weighted by molar-refractivity contribution is 5.69. The van der Waals surface area contributed by atoms with Gasteiger partial charge in [0.05, 0.1) is 25.7 Å². The van der Waals surface area contributed by atoms with Crippen LogP contribution in [0, 0.1) is 17.8 Å². The first-order valence-corrected chi connectivity index (χ1v) is 9.40. The average molecular weight is 310 g/mol. The molecule has 0 amide bonds. The van der Waals surface area contributed by atoms with Crippen molar-refractivity contribution in [3.8, 4) is 0 Å². The fourth-order valence-corrected chi connectivity index (χ4v) is 4.53. The molecule has 0 aromatic rings. The Morgan fingerprint density at radius 3 is 2.41 bits per heavy atom. The fourth-order valence-electron chi connectivity index (χ4n) is 4.53. The van der Waals surface area contributed by atoms with Gasteiger partial charge in [-0.3, -0.25) is 4.79 Å². The van der Waals surface area contributed by atoms with Crippen molar-refractivity contribution in [3.05, 3.63) is 0 Å². The molecule has 0 bridgehead atoms. The third kappa shape index (κ3) is 4.71. The van der Waals surface area contributed by atoms with Crippen LogP contribution in [-0.2, 0) is 14.3 Å². The summed E-state index contributed by atoms with van der Waals surface area (Å²) in [5.74, 6) is 1.94. The maximum Gasteiger partial charge on any atom is 0.308 e. The minimum absolute atomic E-state index is 0.0667. The summed E-state index contributed by atoms with van der Waals surface area (Å²) in [5.41, 5.74) is 0. The highest BCUT2D eigenvalue weighted by atomic mass is 16.5. The largest absolute Gasteiger partial charge is 0.469 e. The number of ether oxygens (including phenoxy) is 2. The molecule has 2 aliphatic rings. The third-order valence-electron chi connectivity index (χ3n) is 5.94. The molecule has 22 heavy (non-hydrogen) atoms. The van der Waals surface area contributed by atoms with Crippen molar-refractivity contribution in [1.29, 1.82) is 0 Å². The Morgan fingerprint density at radius 1 is 1.09 bits per heavy atom. The van der Waals surface area contributed by atoms with Gasteiger partial charge in [0, 0.05) is 0 Å². The van der Waals surface area contributed by atoms with Gasteiger partial charge in [0.15, 0.2) is 0 Å². The molecular weight excluding hydrogens is 276 g/mol. The van der Waals surface area contributed by atoms with Crippen LogP contribution in [0.4, 0.5) is 0 Å². The van der Waals surface area contributed by atoms with Crippen LogP contribution in [0.2, 0.25) is 0 Å². The van der Waals surface area contributed by atoms with E-state index in [0.717, 1.165) is 5.92 Å². The van der Waals surface area contributed by atoms with E-state index in [9.17, 15) is 4.79 Å². The van der Waals surface area contributed by atoms with Gasteiger partial charge in [0.2, 0.25) is 0 Å². The van der Waals surface area contributed by atoms with Gasteiger partial charge in [0.25, 0.3) is 0 Å². The summed E-state index contributed by atoms with van der Waals surface area (Å²) >= 11 is 0. The van der Waals surface area contributed by atoms with Gasteiger partial charge in [0.1, 0.15) is 0 Å². The standard InChI is InChI=1S/C19H34O3/c1-4-14-11-15(5-2)17(12-14)18(13-19(20)21-3)22-16-9-7-6-8-10-16/h14-18H,4-13H2,1-3H3. The Balaban J connectivity index is 2.03. The van der Waals surface area contributed by atoms with Gasteiger partial charge in [-0.15, -0.1) is 0 Å². The van der Waals surface area contributed by atoms with E-state index in [1.807, 2.05) is 0 Å². The van der Waals surface area contributed by atoms with Gasteiger partial charge < -0.3 is 9.47 Å². The molecule has 2 rings (SSSR count). The Morgan fingerprint density at radius 2 is 1.82 bits per heavy atom. The van der Waals surface area contributed by atoms with Gasteiger partial charge in [-0.2, -0.15) is 0 Å². The summed E-state index contributed by atoms with van der Waals surface area (Å²) < 4.78 is 11.4. The Kier molecular flexibility index (Phi) is 7.20. The second kappa shape index (κ2) is 8.90. The van der Waals surface area contributed by atoms with Crippen LogP contribution in [-0.4, -0.2) is 25.3 Å². The van der Waals surface area contributed by atoms with Crippen LogP contribution < -0.4 is 0 Å². The lowest BCUT2D eigenvalue weighted by atomic mass is 9.86. The molecule has 128 valence electrons. The van der Waals surface area contributed by atoms with E-state index in [0.29, 0.717) is 24.4 Å².